The number of nitrogens with one attached hydrogen (secondary N) is 2. The number of fused-ring (bicyclic) bond motifs is 3. The van der Waals surface area contributed by atoms with Gasteiger partial charge in [0.2, 0.25) is 5.91 Å². The number of aliphatic hydroxyl groups is 1. The van der Waals surface area contributed by atoms with Crippen LogP contribution in [0.4, 0.5) is 5.69 Å². The Hall–Kier alpha value is -3.64. The third-order valence-electron chi connectivity index (χ3n) is 7.89. The second-order valence-corrected chi connectivity index (χ2v) is 10.2. The molecule has 12 heteroatoms. The van der Waals surface area contributed by atoms with Crippen LogP contribution in [0.1, 0.15) is 24.5 Å². The molecule has 2 saturated carbocycles. The number of phenolic OH excluding ortho intramolecular Hbond substituents is 1. The summed E-state index contributed by atoms with van der Waals surface area (Å²) in [5.74, 6) is -10.3. The number of hydrogen-bond donors (Lipinski definition) is 5. The van der Waals surface area contributed by atoms with E-state index in [4.69, 9.17) is 5.73 Å². The Morgan fingerprint density at radius 3 is 2.38 bits per heavy atom. The number of Topliss-reactive ketones (excluding diaryl/α,β-unsaturated/α-hetero) is 3. The molecular formula is C25H30N4O8. The number of likely N-dealkylation sites (N-methyl/N-ethyl adjacent to an activating group) is 2. The van der Waals surface area contributed by atoms with E-state index >= 15 is 0 Å². The van der Waals surface area contributed by atoms with Gasteiger partial charge in [-0.2, -0.15) is 0 Å². The standard InChI is InChI=1S/C25H30N4O8/c1-4-27-23(35)24(36)28-15-6-5-10-7-11-8-14-17(29(2)3)19(31)16(22(26)34)21(33)25(14,37)20(32)13(11)9-12(10)18(15)30/h5-6,11,13-14,16-17,30,37H,4,7-9H2,1-3H3,(H2,26,34)(H,27,35)(H,28,36)/t11?,13?,14?,16?,17-,25?/m0/s1. The van der Waals surface area contributed by atoms with Gasteiger partial charge in [0, 0.05) is 18.4 Å². The minimum atomic E-state index is -2.58. The van der Waals surface area contributed by atoms with E-state index < -0.39 is 64.5 Å². The molecule has 198 valence electrons. The van der Waals surface area contributed by atoms with Crippen molar-refractivity contribution in [1.29, 1.82) is 0 Å². The highest BCUT2D eigenvalue weighted by Gasteiger charge is 2.68. The van der Waals surface area contributed by atoms with Crippen LogP contribution in [0.2, 0.25) is 0 Å². The molecule has 37 heavy (non-hydrogen) atoms. The molecule has 0 aromatic heterocycles. The first-order valence-corrected chi connectivity index (χ1v) is 12.1. The van der Waals surface area contributed by atoms with Crippen molar-refractivity contribution in [1.82, 2.24) is 10.2 Å². The summed E-state index contributed by atoms with van der Waals surface area (Å²) < 4.78 is 0. The SMILES string of the molecule is CCNC(=O)C(=O)Nc1ccc2c(c1O)CC1C(=O)C3(O)C(=O)C(C(N)=O)C(=O)[C@@H](N(C)C)C3CC1C2. The second kappa shape index (κ2) is 9.34. The van der Waals surface area contributed by atoms with Crippen molar-refractivity contribution in [2.75, 3.05) is 26.0 Å². The van der Waals surface area contributed by atoms with Gasteiger partial charge in [0.05, 0.1) is 11.7 Å². The average molecular weight is 515 g/mol. The summed E-state index contributed by atoms with van der Waals surface area (Å²) in [6, 6.07) is 2.07. The Balaban J connectivity index is 1.70. The molecule has 0 saturated heterocycles. The van der Waals surface area contributed by atoms with Gasteiger partial charge in [0.1, 0.15) is 5.75 Å². The second-order valence-electron chi connectivity index (χ2n) is 10.2. The number of anilines is 1. The summed E-state index contributed by atoms with van der Waals surface area (Å²) in [5, 5.41) is 27.2. The lowest BCUT2D eigenvalue weighted by molar-refractivity contribution is -0.183. The summed E-state index contributed by atoms with van der Waals surface area (Å²) in [6.07, 6.45) is 0.437. The molecule has 0 spiro atoms. The summed E-state index contributed by atoms with van der Waals surface area (Å²) in [4.78, 5) is 77.5. The minimum absolute atomic E-state index is 0.0193. The van der Waals surface area contributed by atoms with Gasteiger partial charge in [-0.05, 0) is 63.4 Å². The maximum atomic E-state index is 13.8. The fraction of sp³-hybridized carbons (Fsp3) is 0.520. The molecule has 3 amide bonds. The highest BCUT2D eigenvalue weighted by atomic mass is 16.3. The van der Waals surface area contributed by atoms with E-state index in [1.165, 1.54) is 11.0 Å². The molecule has 0 bridgehead atoms. The van der Waals surface area contributed by atoms with Crippen LogP contribution >= 0.6 is 0 Å². The molecule has 2 fully saturated rings. The number of hydrogen-bond acceptors (Lipinski definition) is 9. The predicted molar refractivity (Wildman–Crippen MR) is 128 cm³/mol. The number of nitrogens with two attached hydrogens (primary N) is 1. The topological polar surface area (TPSA) is 196 Å². The number of nitrogens with zero attached hydrogens (tertiary/aromatic N) is 1. The number of benzene rings is 1. The summed E-state index contributed by atoms with van der Waals surface area (Å²) >= 11 is 0. The van der Waals surface area contributed by atoms with Gasteiger partial charge >= 0.3 is 11.8 Å². The van der Waals surface area contributed by atoms with E-state index in [2.05, 4.69) is 10.6 Å². The van der Waals surface area contributed by atoms with Crippen molar-refractivity contribution >= 4 is 40.8 Å². The molecular weight excluding hydrogens is 484 g/mol. The summed E-state index contributed by atoms with van der Waals surface area (Å²) in [7, 11) is 3.14. The van der Waals surface area contributed by atoms with Crippen molar-refractivity contribution in [2.45, 2.75) is 37.8 Å². The Kier molecular flexibility index (Phi) is 6.67. The van der Waals surface area contributed by atoms with Gasteiger partial charge < -0.3 is 26.6 Å². The molecule has 3 aliphatic rings. The van der Waals surface area contributed by atoms with Crippen molar-refractivity contribution in [3.63, 3.8) is 0 Å². The van der Waals surface area contributed by atoms with Crippen molar-refractivity contribution in [3.05, 3.63) is 23.3 Å². The third kappa shape index (κ3) is 4.00. The number of primary amides is 1. The Labute approximate surface area is 212 Å². The molecule has 1 aromatic carbocycles. The van der Waals surface area contributed by atoms with Crippen molar-refractivity contribution in [3.8, 4) is 5.75 Å². The zero-order valence-corrected chi connectivity index (χ0v) is 20.7. The zero-order chi connectivity index (χ0) is 27.4. The molecule has 5 unspecified atom stereocenters. The van der Waals surface area contributed by atoms with Gasteiger partial charge in [-0.15, -0.1) is 0 Å². The van der Waals surface area contributed by atoms with Gasteiger partial charge in [-0.25, -0.2) is 0 Å². The number of aromatic hydroxyl groups is 1. The number of carbonyl (C=O) groups is 6. The average Bonchev–Trinajstić information content (AvgIpc) is 2.82. The highest BCUT2D eigenvalue weighted by molar-refractivity contribution is 6.39. The highest BCUT2D eigenvalue weighted by Crippen LogP contribution is 2.51. The number of carbonyl (C=O) groups excluding carboxylic acids is 6. The largest absolute Gasteiger partial charge is 0.505 e. The fourth-order valence-electron chi connectivity index (χ4n) is 6.21. The van der Waals surface area contributed by atoms with E-state index in [9.17, 15) is 39.0 Å². The van der Waals surface area contributed by atoms with Crippen LogP contribution in [0, 0.1) is 23.7 Å². The van der Waals surface area contributed by atoms with Gasteiger partial charge in [0.15, 0.2) is 28.9 Å². The van der Waals surface area contributed by atoms with E-state index in [0.29, 0.717) is 17.5 Å². The van der Waals surface area contributed by atoms with Crippen molar-refractivity contribution < 1.29 is 39.0 Å². The minimum Gasteiger partial charge on any atom is -0.505 e. The van der Waals surface area contributed by atoms with E-state index in [1.54, 1.807) is 27.1 Å². The maximum absolute atomic E-state index is 13.8. The number of ketones is 3. The quantitative estimate of drug-likeness (QED) is 0.177. The van der Waals surface area contributed by atoms with E-state index in [0.717, 1.165) is 0 Å². The first kappa shape index (κ1) is 26.4. The number of phenols is 1. The van der Waals surface area contributed by atoms with Gasteiger partial charge in [-0.3, -0.25) is 33.7 Å². The lowest BCUT2D eigenvalue weighted by Crippen LogP contribution is -2.73. The number of amides is 3. The molecule has 0 radical (unpaired) electrons. The molecule has 0 heterocycles. The van der Waals surface area contributed by atoms with Crippen LogP contribution in [0.25, 0.3) is 0 Å². The Morgan fingerprint density at radius 1 is 1.11 bits per heavy atom. The summed E-state index contributed by atoms with van der Waals surface area (Å²) in [5.41, 5.74) is 3.78. The van der Waals surface area contributed by atoms with Crippen LogP contribution in [0.15, 0.2) is 12.1 Å². The first-order valence-electron chi connectivity index (χ1n) is 12.1. The predicted octanol–water partition coefficient (Wildman–Crippen LogP) is -1.70. The lowest BCUT2D eigenvalue weighted by atomic mass is 9.52. The Bertz CT molecular complexity index is 1230. The molecule has 3 aliphatic carbocycles. The molecule has 4 rings (SSSR count). The third-order valence-corrected chi connectivity index (χ3v) is 7.89. The van der Waals surface area contributed by atoms with Crippen LogP contribution in [0.3, 0.4) is 0 Å². The van der Waals surface area contributed by atoms with Crippen LogP contribution < -0.4 is 16.4 Å². The molecule has 6 atom stereocenters. The molecule has 6 N–H and O–H groups in total. The zero-order valence-electron chi connectivity index (χ0n) is 20.7. The first-order chi connectivity index (χ1) is 17.3. The van der Waals surface area contributed by atoms with Crippen LogP contribution in [0.5, 0.6) is 5.75 Å². The molecule has 12 nitrogen and oxygen atoms in total. The van der Waals surface area contributed by atoms with Crippen molar-refractivity contribution in [2.24, 2.45) is 29.4 Å². The van der Waals surface area contributed by atoms with Crippen LogP contribution in [-0.4, -0.2) is 82.5 Å². The maximum Gasteiger partial charge on any atom is 0.313 e. The number of rotatable bonds is 4. The lowest BCUT2D eigenvalue weighted by Gasteiger charge is -2.53. The summed E-state index contributed by atoms with van der Waals surface area (Å²) in [6.45, 7) is 1.89. The van der Waals surface area contributed by atoms with E-state index in [-0.39, 0.29) is 36.7 Å². The van der Waals surface area contributed by atoms with E-state index in [1.807, 2.05) is 0 Å². The molecule has 0 aliphatic heterocycles. The van der Waals surface area contributed by atoms with Crippen LogP contribution in [-0.2, 0) is 41.6 Å². The monoisotopic (exact) mass is 514 g/mol. The normalized spacial score (nSPS) is 30.7. The smallest absolute Gasteiger partial charge is 0.313 e. The van der Waals surface area contributed by atoms with Gasteiger partial charge in [0.25, 0.3) is 0 Å². The van der Waals surface area contributed by atoms with Gasteiger partial charge in [-0.1, -0.05) is 6.07 Å². The Morgan fingerprint density at radius 2 is 1.78 bits per heavy atom. The fourth-order valence-corrected chi connectivity index (χ4v) is 6.21. The molecule has 1 aromatic rings.